The molecule has 0 atom stereocenters. The number of nitrogens with one attached hydrogen (secondary N) is 1. The van der Waals surface area contributed by atoms with Crippen LogP contribution in [-0.4, -0.2) is 11.3 Å². The van der Waals surface area contributed by atoms with Crippen molar-refractivity contribution in [3.05, 3.63) is 12.2 Å². The SMILES string of the molecule is C/C=C/C=N/NC(N)=S. The molecule has 4 heteroatoms. The summed E-state index contributed by atoms with van der Waals surface area (Å²) in [6.07, 6.45) is 5.19. The minimum Gasteiger partial charge on any atom is -0.375 e. The summed E-state index contributed by atoms with van der Waals surface area (Å²) in [6.45, 7) is 1.90. The van der Waals surface area contributed by atoms with E-state index in [1.165, 1.54) is 0 Å². The van der Waals surface area contributed by atoms with E-state index in [1.807, 2.05) is 13.0 Å². The van der Waals surface area contributed by atoms with Crippen molar-refractivity contribution in [3.63, 3.8) is 0 Å². The second-order valence-electron chi connectivity index (χ2n) is 1.28. The summed E-state index contributed by atoms with van der Waals surface area (Å²) in [4.78, 5) is 0. The highest BCUT2D eigenvalue weighted by Gasteiger charge is 1.73. The maximum atomic E-state index is 5.06. The number of thiocarbonyl (C=S) groups is 1. The van der Waals surface area contributed by atoms with Gasteiger partial charge in [0.25, 0.3) is 0 Å². The molecule has 0 spiro atoms. The molecule has 50 valence electrons. The Morgan fingerprint density at radius 3 is 2.89 bits per heavy atom. The lowest BCUT2D eigenvalue weighted by Crippen LogP contribution is -2.23. The maximum absolute atomic E-state index is 5.06. The Hall–Kier alpha value is -0.900. The first-order valence-electron chi connectivity index (χ1n) is 2.47. The monoisotopic (exact) mass is 143 g/mol. The summed E-state index contributed by atoms with van der Waals surface area (Å²) in [5.74, 6) is 0. The lowest BCUT2D eigenvalue weighted by molar-refractivity contribution is 1.04. The van der Waals surface area contributed by atoms with Crippen LogP contribution in [0.1, 0.15) is 6.92 Å². The predicted octanol–water partition coefficient (Wildman–Crippen LogP) is 0.382. The van der Waals surface area contributed by atoms with Crippen LogP contribution in [0.25, 0.3) is 0 Å². The Bertz CT molecular complexity index is 139. The largest absolute Gasteiger partial charge is 0.375 e. The van der Waals surface area contributed by atoms with Crippen LogP contribution in [0.4, 0.5) is 0 Å². The second-order valence-corrected chi connectivity index (χ2v) is 1.72. The van der Waals surface area contributed by atoms with Gasteiger partial charge in [-0.25, -0.2) is 0 Å². The van der Waals surface area contributed by atoms with Gasteiger partial charge in [0, 0.05) is 6.21 Å². The van der Waals surface area contributed by atoms with E-state index in [1.54, 1.807) is 12.3 Å². The third-order valence-corrected chi connectivity index (χ3v) is 0.619. The lowest BCUT2D eigenvalue weighted by Gasteiger charge is -1.89. The van der Waals surface area contributed by atoms with Gasteiger partial charge in [-0.1, -0.05) is 6.08 Å². The smallest absolute Gasteiger partial charge is 0.184 e. The van der Waals surface area contributed by atoms with Gasteiger partial charge < -0.3 is 5.73 Å². The van der Waals surface area contributed by atoms with Crippen LogP contribution in [0.15, 0.2) is 17.3 Å². The summed E-state index contributed by atoms with van der Waals surface area (Å²) in [6, 6.07) is 0. The van der Waals surface area contributed by atoms with E-state index < -0.39 is 0 Å². The number of hydrogen-bond acceptors (Lipinski definition) is 2. The number of nitrogens with two attached hydrogens (primary N) is 1. The highest BCUT2D eigenvalue weighted by molar-refractivity contribution is 7.80. The van der Waals surface area contributed by atoms with Gasteiger partial charge in [0.15, 0.2) is 5.11 Å². The molecule has 0 saturated heterocycles. The molecule has 3 nitrogen and oxygen atoms in total. The first-order chi connectivity index (χ1) is 4.27. The fraction of sp³-hybridized carbons (Fsp3) is 0.200. The number of hydrogen-bond donors (Lipinski definition) is 2. The zero-order valence-electron chi connectivity index (χ0n) is 5.16. The molecule has 0 fully saturated rings. The van der Waals surface area contributed by atoms with Gasteiger partial charge in [-0.3, -0.25) is 5.43 Å². The van der Waals surface area contributed by atoms with Crippen molar-refractivity contribution < 1.29 is 0 Å². The van der Waals surface area contributed by atoms with Crippen molar-refractivity contribution in [1.82, 2.24) is 5.43 Å². The predicted molar refractivity (Wildman–Crippen MR) is 43.2 cm³/mol. The Morgan fingerprint density at radius 1 is 1.78 bits per heavy atom. The van der Waals surface area contributed by atoms with Crippen LogP contribution in [-0.2, 0) is 0 Å². The van der Waals surface area contributed by atoms with Gasteiger partial charge in [-0.2, -0.15) is 5.10 Å². The first-order valence-corrected chi connectivity index (χ1v) is 2.88. The molecular weight excluding hydrogens is 134 g/mol. The highest BCUT2D eigenvalue weighted by Crippen LogP contribution is 1.63. The normalized spacial score (nSPS) is 10.8. The van der Waals surface area contributed by atoms with Gasteiger partial charge in [-0.15, -0.1) is 0 Å². The van der Waals surface area contributed by atoms with Crippen molar-refractivity contribution in [2.75, 3.05) is 0 Å². The van der Waals surface area contributed by atoms with Crippen molar-refractivity contribution in [1.29, 1.82) is 0 Å². The molecule has 0 amide bonds. The Kier molecular flexibility index (Phi) is 4.72. The minimum absolute atomic E-state index is 0.177. The zero-order valence-corrected chi connectivity index (χ0v) is 5.98. The van der Waals surface area contributed by atoms with Crippen LogP contribution in [0, 0.1) is 0 Å². The summed E-state index contributed by atoms with van der Waals surface area (Å²) >= 11 is 4.47. The van der Waals surface area contributed by atoms with Crippen LogP contribution in [0.3, 0.4) is 0 Å². The molecule has 3 N–H and O–H groups in total. The van der Waals surface area contributed by atoms with E-state index in [9.17, 15) is 0 Å². The van der Waals surface area contributed by atoms with E-state index >= 15 is 0 Å². The van der Waals surface area contributed by atoms with E-state index in [0.717, 1.165) is 0 Å². The summed E-state index contributed by atoms with van der Waals surface area (Å²) < 4.78 is 0. The van der Waals surface area contributed by atoms with Gasteiger partial charge in [0.1, 0.15) is 0 Å². The lowest BCUT2D eigenvalue weighted by atomic mass is 10.6. The van der Waals surface area contributed by atoms with Gasteiger partial charge in [0.2, 0.25) is 0 Å². The molecule has 0 saturated carbocycles. The number of nitrogens with zero attached hydrogens (tertiary/aromatic N) is 1. The van der Waals surface area contributed by atoms with E-state index in [0.29, 0.717) is 0 Å². The van der Waals surface area contributed by atoms with Gasteiger partial charge in [-0.05, 0) is 25.2 Å². The number of rotatable bonds is 2. The topological polar surface area (TPSA) is 50.4 Å². The fourth-order valence-corrected chi connectivity index (χ4v) is 0.283. The second kappa shape index (κ2) is 5.24. The molecule has 0 unspecified atom stereocenters. The van der Waals surface area contributed by atoms with Crippen molar-refractivity contribution >= 4 is 23.5 Å². The summed E-state index contributed by atoms with van der Waals surface area (Å²) in [7, 11) is 0. The average molecular weight is 143 g/mol. The Labute approximate surface area is 59.6 Å². The van der Waals surface area contributed by atoms with Gasteiger partial charge >= 0.3 is 0 Å². The fourth-order valence-electron chi connectivity index (χ4n) is 0.230. The molecule has 0 heterocycles. The van der Waals surface area contributed by atoms with Crippen molar-refractivity contribution in [3.8, 4) is 0 Å². The van der Waals surface area contributed by atoms with Crippen LogP contribution >= 0.6 is 12.2 Å². The molecule has 0 aliphatic carbocycles. The van der Waals surface area contributed by atoms with Crippen LogP contribution < -0.4 is 11.2 Å². The van der Waals surface area contributed by atoms with Crippen molar-refractivity contribution in [2.45, 2.75) is 6.92 Å². The first kappa shape index (κ1) is 8.10. The summed E-state index contributed by atoms with van der Waals surface area (Å²) in [5.41, 5.74) is 7.46. The minimum atomic E-state index is 0.177. The molecule has 0 aromatic heterocycles. The molecule has 0 aliphatic rings. The molecule has 0 aromatic carbocycles. The molecule has 9 heavy (non-hydrogen) atoms. The quantitative estimate of drug-likeness (QED) is 0.334. The maximum Gasteiger partial charge on any atom is 0.184 e. The van der Waals surface area contributed by atoms with E-state index in [4.69, 9.17) is 5.73 Å². The number of allylic oxidation sites excluding steroid dienone is 2. The average Bonchev–Trinajstić information content (AvgIpc) is 1.80. The third kappa shape index (κ3) is 7.10. The van der Waals surface area contributed by atoms with Crippen molar-refractivity contribution in [2.24, 2.45) is 10.8 Å². The Morgan fingerprint density at radius 2 is 2.44 bits per heavy atom. The zero-order chi connectivity index (χ0) is 7.11. The summed E-state index contributed by atoms with van der Waals surface area (Å²) in [5, 5.41) is 3.81. The molecule has 0 rings (SSSR count). The standard InChI is InChI=1S/C5H9N3S/c1-2-3-4-7-8-5(6)9/h2-4H,1H3,(H3,6,8,9)/b3-2+,7-4+. The molecule has 0 aliphatic heterocycles. The van der Waals surface area contributed by atoms with E-state index in [-0.39, 0.29) is 5.11 Å². The Balaban J connectivity index is 3.36. The number of hydrazone groups is 1. The van der Waals surface area contributed by atoms with E-state index in [2.05, 4.69) is 22.7 Å². The molecular formula is C5H9N3S. The third-order valence-electron chi connectivity index (χ3n) is 0.528. The van der Waals surface area contributed by atoms with Crippen LogP contribution in [0.5, 0.6) is 0 Å². The molecule has 0 radical (unpaired) electrons. The molecule has 0 bridgehead atoms. The van der Waals surface area contributed by atoms with Gasteiger partial charge in [0.05, 0.1) is 0 Å². The highest BCUT2D eigenvalue weighted by atomic mass is 32.1. The molecule has 0 aromatic rings. The van der Waals surface area contributed by atoms with Crippen LogP contribution in [0.2, 0.25) is 0 Å².